The van der Waals surface area contributed by atoms with E-state index in [9.17, 15) is 0 Å². The molecule has 0 amide bonds. The third-order valence-electron chi connectivity index (χ3n) is 6.50. The van der Waals surface area contributed by atoms with Crippen LogP contribution in [0.25, 0.3) is 0 Å². The average molecular weight is 341 g/mol. The van der Waals surface area contributed by atoms with Crippen molar-refractivity contribution in [2.24, 2.45) is 5.92 Å². The second-order valence-electron chi connectivity index (χ2n) is 8.14. The van der Waals surface area contributed by atoms with Crippen molar-refractivity contribution in [3.05, 3.63) is 0 Å². The molecule has 1 heteroatoms. The van der Waals surface area contributed by atoms with Gasteiger partial charge in [-0.05, 0) is 11.0 Å². The van der Waals surface area contributed by atoms with E-state index >= 15 is 0 Å². The van der Waals surface area contributed by atoms with Crippen molar-refractivity contribution in [1.29, 1.82) is 0 Å². The van der Waals surface area contributed by atoms with Crippen molar-refractivity contribution in [2.45, 2.75) is 135 Å². The second kappa shape index (κ2) is 15.7. The molecule has 23 heavy (non-hydrogen) atoms. The highest BCUT2D eigenvalue weighted by Crippen LogP contribution is 2.43. The van der Waals surface area contributed by atoms with E-state index in [0.29, 0.717) is 0 Å². The molecule has 0 spiro atoms. The highest BCUT2D eigenvalue weighted by molar-refractivity contribution is 6.15. The molecule has 0 fully saturated rings. The molecular weight excluding hydrogens is 292 g/mol. The third-order valence-corrected chi connectivity index (χ3v) is 8.73. The van der Waals surface area contributed by atoms with Gasteiger partial charge in [0.25, 0.3) is 0 Å². The topological polar surface area (TPSA) is 0 Å². The molecule has 0 nitrogen and oxygen atoms in total. The van der Waals surface area contributed by atoms with Crippen molar-refractivity contribution in [3.8, 4) is 0 Å². The summed E-state index contributed by atoms with van der Waals surface area (Å²) in [7, 11) is 1.38. The molecule has 0 bridgehead atoms. The number of hydrogen-bond donors (Lipinski definition) is 0. The fourth-order valence-electron chi connectivity index (χ4n) is 4.10. The molecule has 0 aromatic carbocycles. The van der Waals surface area contributed by atoms with Crippen LogP contribution in [0.3, 0.4) is 0 Å². The number of rotatable bonds is 17. The molecule has 0 heterocycles. The van der Waals surface area contributed by atoms with E-state index in [1.165, 1.54) is 113 Å². The summed E-state index contributed by atoms with van der Waals surface area (Å²) in [5, 5.41) is 0.729. The van der Waals surface area contributed by atoms with E-state index in [4.69, 9.17) is 0 Å². The van der Waals surface area contributed by atoms with E-state index < -0.39 is 0 Å². The van der Waals surface area contributed by atoms with Crippen LogP contribution in [-0.4, -0.2) is 10.2 Å². The Labute approximate surface area is 152 Å². The van der Waals surface area contributed by atoms with E-state index in [-0.39, 0.29) is 0 Å². The maximum Gasteiger partial charge on any atom is 0.0110 e. The minimum Gasteiger partial charge on any atom is -0.0654 e. The Kier molecular flexibility index (Phi) is 15.9. The standard InChI is InChI=1S/C22H48Si/c1-5-9-10-11-12-13-14-15-16-17-18-19-20-21(6-2)22(23,7-3)8-4/h21H,5-20H2,1-4,23H3. The average Bonchev–Trinajstić information content (AvgIpc) is 2.58. The lowest BCUT2D eigenvalue weighted by Crippen LogP contribution is -2.22. The molecule has 140 valence electrons. The molecule has 0 aromatic heterocycles. The summed E-state index contributed by atoms with van der Waals surface area (Å²) in [6, 6.07) is 0. The highest BCUT2D eigenvalue weighted by atomic mass is 28.1. The monoisotopic (exact) mass is 340 g/mol. The fourth-order valence-corrected chi connectivity index (χ4v) is 4.80. The molecule has 0 aliphatic rings. The van der Waals surface area contributed by atoms with E-state index in [1.807, 2.05) is 0 Å². The lowest BCUT2D eigenvalue weighted by Gasteiger charge is -2.36. The van der Waals surface area contributed by atoms with Gasteiger partial charge in [0.15, 0.2) is 0 Å². The Morgan fingerprint density at radius 2 is 1.00 bits per heavy atom. The predicted octanol–water partition coefficient (Wildman–Crippen LogP) is 7.45. The maximum atomic E-state index is 2.42. The van der Waals surface area contributed by atoms with Gasteiger partial charge in [0.05, 0.1) is 0 Å². The van der Waals surface area contributed by atoms with Gasteiger partial charge in [0, 0.05) is 10.2 Å². The van der Waals surface area contributed by atoms with Gasteiger partial charge in [0.1, 0.15) is 0 Å². The van der Waals surface area contributed by atoms with Crippen LogP contribution >= 0.6 is 0 Å². The number of unbranched alkanes of at least 4 members (excludes halogenated alkanes) is 11. The summed E-state index contributed by atoms with van der Waals surface area (Å²) in [4.78, 5) is 0. The Morgan fingerprint density at radius 1 is 0.609 bits per heavy atom. The largest absolute Gasteiger partial charge is 0.0654 e. The smallest absolute Gasteiger partial charge is 0.0110 e. The summed E-state index contributed by atoms with van der Waals surface area (Å²) in [6.45, 7) is 9.56. The molecule has 0 aliphatic carbocycles. The van der Waals surface area contributed by atoms with E-state index in [1.54, 1.807) is 0 Å². The zero-order valence-electron chi connectivity index (χ0n) is 17.4. The van der Waals surface area contributed by atoms with Gasteiger partial charge in [-0.25, -0.2) is 0 Å². The summed E-state index contributed by atoms with van der Waals surface area (Å²) in [6.07, 6.45) is 23.4. The normalized spacial score (nSPS) is 13.6. The molecule has 1 atom stereocenters. The van der Waals surface area contributed by atoms with Crippen LogP contribution in [0.4, 0.5) is 0 Å². The van der Waals surface area contributed by atoms with Crippen LogP contribution in [0.1, 0.15) is 130 Å². The Bertz CT molecular complexity index is 232. The first-order valence-corrected chi connectivity index (χ1v) is 12.1. The lowest BCUT2D eigenvalue weighted by atomic mass is 9.81. The van der Waals surface area contributed by atoms with Crippen LogP contribution in [0.2, 0.25) is 5.04 Å². The minimum absolute atomic E-state index is 0.729. The summed E-state index contributed by atoms with van der Waals surface area (Å²) in [5.74, 6) is 1.01. The predicted molar refractivity (Wildman–Crippen MR) is 113 cm³/mol. The van der Waals surface area contributed by atoms with E-state index in [0.717, 1.165) is 11.0 Å². The Hall–Kier alpha value is 0.217. The molecule has 0 aliphatic heterocycles. The maximum absolute atomic E-state index is 2.42. The van der Waals surface area contributed by atoms with Gasteiger partial charge in [-0.3, -0.25) is 0 Å². The molecule has 0 saturated carbocycles. The van der Waals surface area contributed by atoms with Gasteiger partial charge in [-0.15, -0.1) is 0 Å². The molecule has 0 N–H and O–H groups in total. The quantitative estimate of drug-likeness (QED) is 0.190. The van der Waals surface area contributed by atoms with Gasteiger partial charge < -0.3 is 0 Å². The van der Waals surface area contributed by atoms with E-state index in [2.05, 4.69) is 27.7 Å². The summed E-state index contributed by atoms with van der Waals surface area (Å²) >= 11 is 0. The molecule has 0 radical (unpaired) electrons. The minimum atomic E-state index is 0.729. The molecular formula is C22H48Si. The van der Waals surface area contributed by atoms with Crippen molar-refractivity contribution in [3.63, 3.8) is 0 Å². The van der Waals surface area contributed by atoms with Crippen LogP contribution in [0.15, 0.2) is 0 Å². The molecule has 0 aromatic rings. The van der Waals surface area contributed by atoms with Crippen LogP contribution in [0, 0.1) is 5.92 Å². The third kappa shape index (κ3) is 11.4. The van der Waals surface area contributed by atoms with Gasteiger partial charge in [0.2, 0.25) is 0 Å². The SMILES string of the molecule is CCCCCCCCCCCCCCC(CC)C([SiH3])(CC)CC. The Morgan fingerprint density at radius 3 is 1.35 bits per heavy atom. The van der Waals surface area contributed by atoms with Crippen LogP contribution in [0.5, 0.6) is 0 Å². The number of hydrogen-bond acceptors (Lipinski definition) is 0. The first kappa shape index (κ1) is 23.2. The fraction of sp³-hybridized carbons (Fsp3) is 1.00. The van der Waals surface area contributed by atoms with Gasteiger partial charge in [-0.1, -0.05) is 130 Å². The van der Waals surface area contributed by atoms with Crippen LogP contribution < -0.4 is 0 Å². The summed E-state index contributed by atoms with van der Waals surface area (Å²) < 4.78 is 0. The zero-order chi connectivity index (χ0) is 17.4. The first-order chi connectivity index (χ1) is 11.1. The molecule has 0 saturated heterocycles. The van der Waals surface area contributed by atoms with Crippen LogP contribution in [-0.2, 0) is 0 Å². The zero-order valence-corrected chi connectivity index (χ0v) is 19.4. The first-order valence-electron chi connectivity index (χ1n) is 11.1. The highest BCUT2D eigenvalue weighted by Gasteiger charge is 2.28. The van der Waals surface area contributed by atoms with Crippen molar-refractivity contribution < 1.29 is 0 Å². The van der Waals surface area contributed by atoms with Crippen molar-refractivity contribution in [2.75, 3.05) is 0 Å². The van der Waals surface area contributed by atoms with Crippen molar-refractivity contribution in [1.82, 2.24) is 0 Å². The van der Waals surface area contributed by atoms with Crippen molar-refractivity contribution >= 4 is 10.2 Å². The molecule has 0 rings (SSSR count). The van der Waals surface area contributed by atoms with Gasteiger partial charge >= 0.3 is 0 Å². The second-order valence-corrected chi connectivity index (χ2v) is 10.1. The summed E-state index contributed by atoms with van der Waals surface area (Å²) in [5.41, 5.74) is 0. The van der Waals surface area contributed by atoms with Gasteiger partial charge in [-0.2, -0.15) is 0 Å². The Balaban J connectivity index is 3.47. The lowest BCUT2D eigenvalue weighted by molar-refractivity contribution is 0.297. The molecule has 1 unspecified atom stereocenters.